The average Bonchev–Trinajstić information content (AvgIpc) is 2.28. The highest BCUT2D eigenvalue weighted by Gasteiger charge is 2.26. The maximum atomic E-state index is 6.44. The fraction of sp³-hybridized carbons (Fsp3) is 0.214. The van der Waals surface area contributed by atoms with Crippen molar-refractivity contribution in [3.8, 4) is 0 Å². The molecule has 0 aliphatic rings. The van der Waals surface area contributed by atoms with Gasteiger partial charge in [-0.2, -0.15) is 0 Å². The third-order valence-corrected chi connectivity index (χ3v) is 3.77. The van der Waals surface area contributed by atoms with E-state index in [0.717, 1.165) is 21.2 Å². The quantitative estimate of drug-likeness (QED) is 0.905. The Morgan fingerprint density at radius 2 is 2.00 bits per heavy atom. The minimum absolute atomic E-state index is 0.649. The van der Waals surface area contributed by atoms with Crippen molar-refractivity contribution in [2.24, 2.45) is 5.73 Å². The summed E-state index contributed by atoms with van der Waals surface area (Å²) < 4.78 is 0.939. The predicted molar refractivity (Wildman–Crippen MR) is 78.8 cm³/mol. The standard InChI is InChI=1S/C14H14BrClN2/c1-9-5-10(8-18-7-9)14(2,17)12-4-3-11(15)6-13(12)16/h3-8H,17H2,1-2H3. The molecule has 1 aromatic carbocycles. The molecule has 0 saturated carbocycles. The van der Waals surface area contributed by atoms with E-state index in [-0.39, 0.29) is 0 Å². The molecule has 1 aromatic heterocycles. The van der Waals surface area contributed by atoms with E-state index in [1.54, 1.807) is 6.20 Å². The molecule has 2 aromatic rings. The molecule has 0 saturated heterocycles. The molecule has 2 nitrogen and oxygen atoms in total. The maximum absolute atomic E-state index is 6.44. The molecule has 94 valence electrons. The fourth-order valence-corrected chi connectivity index (χ4v) is 2.77. The smallest absolute Gasteiger partial charge is 0.0666 e. The van der Waals surface area contributed by atoms with E-state index in [4.69, 9.17) is 17.3 Å². The highest BCUT2D eigenvalue weighted by atomic mass is 79.9. The summed E-state index contributed by atoms with van der Waals surface area (Å²) in [7, 11) is 0. The van der Waals surface area contributed by atoms with E-state index >= 15 is 0 Å². The number of aryl methyl sites for hydroxylation is 1. The molecule has 0 fully saturated rings. The Balaban J connectivity index is 2.53. The topological polar surface area (TPSA) is 38.9 Å². The van der Waals surface area contributed by atoms with Crippen molar-refractivity contribution in [2.45, 2.75) is 19.4 Å². The van der Waals surface area contributed by atoms with Gasteiger partial charge in [0.1, 0.15) is 0 Å². The molecule has 1 atom stereocenters. The van der Waals surface area contributed by atoms with Gasteiger partial charge in [0.05, 0.1) is 5.54 Å². The van der Waals surface area contributed by atoms with Gasteiger partial charge in [-0.1, -0.05) is 39.7 Å². The number of hydrogen-bond acceptors (Lipinski definition) is 2. The first-order valence-electron chi connectivity index (χ1n) is 5.58. The Morgan fingerprint density at radius 1 is 1.28 bits per heavy atom. The molecular formula is C14H14BrClN2. The zero-order valence-electron chi connectivity index (χ0n) is 10.2. The first-order valence-corrected chi connectivity index (χ1v) is 6.75. The van der Waals surface area contributed by atoms with E-state index < -0.39 is 5.54 Å². The number of hydrogen-bond donors (Lipinski definition) is 1. The van der Waals surface area contributed by atoms with Gasteiger partial charge in [0.15, 0.2) is 0 Å². The molecule has 18 heavy (non-hydrogen) atoms. The van der Waals surface area contributed by atoms with Crippen LogP contribution in [-0.2, 0) is 5.54 Å². The normalized spacial score (nSPS) is 14.3. The molecule has 0 aliphatic carbocycles. The van der Waals surface area contributed by atoms with Crippen LogP contribution in [0.5, 0.6) is 0 Å². The van der Waals surface area contributed by atoms with Crippen molar-refractivity contribution in [1.82, 2.24) is 4.98 Å². The lowest BCUT2D eigenvalue weighted by Crippen LogP contribution is -2.34. The molecule has 0 spiro atoms. The lowest BCUT2D eigenvalue weighted by atomic mass is 9.86. The van der Waals surface area contributed by atoms with Gasteiger partial charge in [-0.15, -0.1) is 0 Å². The van der Waals surface area contributed by atoms with Crippen molar-refractivity contribution in [1.29, 1.82) is 0 Å². The van der Waals surface area contributed by atoms with Gasteiger partial charge in [-0.3, -0.25) is 4.98 Å². The predicted octanol–water partition coefficient (Wildman–Crippen LogP) is 4.03. The summed E-state index contributed by atoms with van der Waals surface area (Å²) in [6, 6.07) is 7.76. The van der Waals surface area contributed by atoms with Crippen LogP contribution in [-0.4, -0.2) is 4.98 Å². The SMILES string of the molecule is Cc1cncc(C(C)(N)c2ccc(Br)cc2Cl)c1. The molecular weight excluding hydrogens is 312 g/mol. The molecule has 1 heterocycles. The van der Waals surface area contributed by atoms with E-state index in [1.807, 2.05) is 44.3 Å². The molecule has 2 N–H and O–H groups in total. The number of halogens is 2. The minimum atomic E-state index is -0.656. The van der Waals surface area contributed by atoms with Gasteiger partial charge < -0.3 is 5.73 Å². The molecule has 0 bridgehead atoms. The summed E-state index contributed by atoms with van der Waals surface area (Å²) in [5.74, 6) is 0. The van der Waals surface area contributed by atoms with Crippen LogP contribution in [0.3, 0.4) is 0 Å². The van der Waals surface area contributed by atoms with E-state index in [1.165, 1.54) is 0 Å². The molecule has 2 rings (SSSR count). The summed E-state index contributed by atoms with van der Waals surface area (Å²) >= 11 is 9.67. The number of nitrogens with two attached hydrogens (primary N) is 1. The summed E-state index contributed by atoms with van der Waals surface area (Å²) in [6.45, 7) is 3.94. The number of rotatable bonds is 2. The van der Waals surface area contributed by atoms with Gasteiger partial charge in [0.25, 0.3) is 0 Å². The monoisotopic (exact) mass is 324 g/mol. The van der Waals surface area contributed by atoms with Gasteiger partial charge in [0, 0.05) is 21.9 Å². The average molecular weight is 326 g/mol. The number of pyridine rings is 1. The third-order valence-electron chi connectivity index (χ3n) is 2.97. The van der Waals surface area contributed by atoms with Crippen molar-refractivity contribution in [2.75, 3.05) is 0 Å². The van der Waals surface area contributed by atoms with E-state index in [2.05, 4.69) is 20.9 Å². The van der Waals surface area contributed by atoms with Crippen molar-refractivity contribution in [3.05, 3.63) is 62.8 Å². The van der Waals surface area contributed by atoms with Crippen molar-refractivity contribution in [3.63, 3.8) is 0 Å². The van der Waals surface area contributed by atoms with Crippen LogP contribution in [0.4, 0.5) is 0 Å². The lowest BCUT2D eigenvalue weighted by Gasteiger charge is -2.27. The molecule has 0 radical (unpaired) electrons. The Morgan fingerprint density at radius 3 is 2.61 bits per heavy atom. The van der Waals surface area contributed by atoms with Crippen LogP contribution < -0.4 is 5.73 Å². The Hall–Kier alpha value is -0.900. The molecule has 1 unspecified atom stereocenters. The van der Waals surface area contributed by atoms with Gasteiger partial charge in [-0.05, 0) is 42.7 Å². The Labute approximate surface area is 120 Å². The van der Waals surface area contributed by atoms with Gasteiger partial charge >= 0.3 is 0 Å². The second kappa shape index (κ2) is 5.00. The first kappa shape index (κ1) is 13.5. The summed E-state index contributed by atoms with van der Waals surface area (Å²) in [4.78, 5) is 4.19. The number of nitrogens with zero attached hydrogens (tertiary/aromatic N) is 1. The fourth-order valence-electron chi connectivity index (χ4n) is 1.91. The van der Waals surface area contributed by atoms with E-state index in [9.17, 15) is 0 Å². The number of aromatic nitrogens is 1. The zero-order chi connectivity index (χ0) is 13.3. The first-order chi connectivity index (χ1) is 8.41. The molecule has 0 aliphatic heterocycles. The van der Waals surface area contributed by atoms with E-state index in [0.29, 0.717) is 5.02 Å². The Bertz CT molecular complexity index is 582. The largest absolute Gasteiger partial charge is 0.318 e. The van der Waals surface area contributed by atoms with Gasteiger partial charge in [-0.25, -0.2) is 0 Å². The van der Waals surface area contributed by atoms with Crippen molar-refractivity contribution >= 4 is 27.5 Å². The van der Waals surface area contributed by atoms with Crippen LogP contribution in [0, 0.1) is 6.92 Å². The molecule has 0 amide bonds. The Kier molecular flexibility index (Phi) is 3.76. The maximum Gasteiger partial charge on any atom is 0.0666 e. The minimum Gasteiger partial charge on any atom is -0.318 e. The summed E-state index contributed by atoms with van der Waals surface area (Å²) in [5.41, 5.74) is 8.70. The van der Waals surface area contributed by atoms with Crippen molar-refractivity contribution < 1.29 is 0 Å². The summed E-state index contributed by atoms with van der Waals surface area (Å²) in [5, 5.41) is 0.649. The number of benzene rings is 1. The second-order valence-corrected chi connectivity index (χ2v) is 5.90. The lowest BCUT2D eigenvalue weighted by molar-refractivity contribution is 0.599. The zero-order valence-corrected chi connectivity index (χ0v) is 12.6. The highest BCUT2D eigenvalue weighted by Crippen LogP contribution is 2.33. The van der Waals surface area contributed by atoms with Crippen LogP contribution >= 0.6 is 27.5 Å². The van der Waals surface area contributed by atoms with Crippen LogP contribution in [0.25, 0.3) is 0 Å². The van der Waals surface area contributed by atoms with Crippen LogP contribution in [0.2, 0.25) is 5.02 Å². The summed E-state index contributed by atoms with van der Waals surface area (Å²) in [6.07, 6.45) is 3.59. The van der Waals surface area contributed by atoms with Crippen LogP contribution in [0.15, 0.2) is 41.1 Å². The van der Waals surface area contributed by atoms with Crippen LogP contribution in [0.1, 0.15) is 23.6 Å². The second-order valence-electron chi connectivity index (χ2n) is 4.58. The highest BCUT2D eigenvalue weighted by molar-refractivity contribution is 9.10. The van der Waals surface area contributed by atoms with Gasteiger partial charge in [0.2, 0.25) is 0 Å². The third kappa shape index (κ3) is 2.58. The molecule has 4 heteroatoms.